The first-order valence-corrected chi connectivity index (χ1v) is 10.5. The van der Waals surface area contributed by atoms with Gasteiger partial charge < -0.3 is 4.74 Å². The van der Waals surface area contributed by atoms with Gasteiger partial charge in [-0.2, -0.15) is 8.61 Å². The molecule has 0 radical (unpaired) electrons. The summed E-state index contributed by atoms with van der Waals surface area (Å²) in [6.07, 6.45) is 0. The minimum absolute atomic E-state index is 0.00778. The second-order valence-electron chi connectivity index (χ2n) is 5.00. The monoisotopic (exact) mass is 382 g/mol. The van der Waals surface area contributed by atoms with Crippen molar-refractivity contribution in [1.82, 2.24) is 8.61 Å². The molecule has 1 fully saturated rings. The molecule has 0 spiro atoms. The van der Waals surface area contributed by atoms with E-state index in [2.05, 4.69) is 0 Å². The number of methoxy groups -OCH3 is 1. The maximum Gasteiger partial charge on any atom is 0.243 e. The van der Waals surface area contributed by atoms with Crippen molar-refractivity contribution in [2.45, 2.75) is 11.8 Å². The van der Waals surface area contributed by atoms with Gasteiger partial charge in [0.25, 0.3) is 0 Å². The Bertz CT molecular complexity index is 772. The van der Waals surface area contributed by atoms with Crippen molar-refractivity contribution in [3.8, 4) is 5.75 Å². The summed E-state index contributed by atoms with van der Waals surface area (Å²) in [7, 11) is -5.56. The molecular weight excluding hydrogens is 364 g/mol. The van der Waals surface area contributed by atoms with E-state index in [0.717, 1.165) is 0 Å². The first kappa shape index (κ1) is 18.5. The number of benzene rings is 1. The van der Waals surface area contributed by atoms with E-state index in [9.17, 15) is 16.8 Å². The SMILES string of the molecule is CCS(=O)(=O)N1CCN(S(=O)(=O)c2ccc(OC)c(Cl)c2)CC1. The third kappa shape index (κ3) is 3.80. The predicted octanol–water partition coefficient (Wildman–Crippen LogP) is 1.00. The summed E-state index contributed by atoms with van der Waals surface area (Å²) in [4.78, 5) is 0.0649. The van der Waals surface area contributed by atoms with Crippen LogP contribution in [-0.4, -0.2) is 64.5 Å². The normalized spacial score (nSPS) is 18.0. The molecule has 0 unspecified atom stereocenters. The summed E-state index contributed by atoms with van der Waals surface area (Å²) in [6.45, 7) is 2.10. The molecule has 2 rings (SSSR count). The van der Waals surface area contributed by atoms with Gasteiger partial charge in [0.15, 0.2) is 0 Å². The van der Waals surface area contributed by atoms with Crippen LogP contribution in [0.3, 0.4) is 0 Å². The lowest BCUT2D eigenvalue weighted by Gasteiger charge is -2.33. The smallest absolute Gasteiger partial charge is 0.243 e. The van der Waals surface area contributed by atoms with E-state index in [1.165, 1.54) is 33.9 Å². The van der Waals surface area contributed by atoms with Crippen molar-refractivity contribution in [2.24, 2.45) is 0 Å². The molecule has 1 aliphatic heterocycles. The third-order valence-electron chi connectivity index (χ3n) is 3.72. The minimum atomic E-state index is -3.71. The molecule has 23 heavy (non-hydrogen) atoms. The lowest BCUT2D eigenvalue weighted by Crippen LogP contribution is -2.50. The highest BCUT2D eigenvalue weighted by molar-refractivity contribution is 7.89. The van der Waals surface area contributed by atoms with Crippen molar-refractivity contribution in [3.63, 3.8) is 0 Å². The number of sulfonamides is 2. The van der Waals surface area contributed by atoms with E-state index >= 15 is 0 Å². The molecule has 0 saturated carbocycles. The lowest BCUT2D eigenvalue weighted by molar-refractivity contribution is 0.273. The Balaban J connectivity index is 2.18. The van der Waals surface area contributed by atoms with Crippen LogP contribution in [0.25, 0.3) is 0 Å². The van der Waals surface area contributed by atoms with Gasteiger partial charge in [-0.15, -0.1) is 0 Å². The molecule has 1 aliphatic rings. The van der Waals surface area contributed by atoms with Gasteiger partial charge in [-0.25, -0.2) is 16.8 Å². The Morgan fingerprint density at radius 3 is 2.13 bits per heavy atom. The molecule has 1 aromatic rings. The quantitative estimate of drug-likeness (QED) is 0.758. The fourth-order valence-electron chi connectivity index (χ4n) is 2.33. The lowest BCUT2D eigenvalue weighted by atomic mass is 10.3. The molecule has 1 aromatic carbocycles. The second kappa shape index (κ2) is 6.94. The van der Waals surface area contributed by atoms with Gasteiger partial charge in [0.1, 0.15) is 5.75 Å². The van der Waals surface area contributed by atoms with Crippen LogP contribution in [0.1, 0.15) is 6.92 Å². The summed E-state index contributed by atoms with van der Waals surface area (Å²) in [5.74, 6) is 0.401. The topological polar surface area (TPSA) is 84.0 Å². The van der Waals surface area contributed by atoms with E-state index in [0.29, 0.717) is 5.75 Å². The van der Waals surface area contributed by atoms with E-state index in [-0.39, 0.29) is 41.8 Å². The molecule has 1 saturated heterocycles. The van der Waals surface area contributed by atoms with Crippen LogP contribution in [0, 0.1) is 0 Å². The van der Waals surface area contributed by atoms with Crippen LogP contribution >= 0.6 is 11.6 Å². The van der Waals surface area contributed by atoms with E-state index < -0.39 is 20.0 Å². The van der Waals surface area contributed by atoms with Crippen molar-refractivity contribution >= 4 is 31.6 Å². The largest absolute Gasteiger partial charge is 0.495 e. The Labute approximate surface area is 141 Å². The number of hydrogen-bond acceptors (Lipinski definition) is 5. The van der Waals surface area contributed by atoms with Gasteiger partial charge in [0, 0.05) is 26.2 Å². The zero-order chi connectivity index (χ0) is 17.3. The molecule has 0 amide bonds. The van der Waals surface area contributed by atoms with Crippen LogP contribution in [0.4, 0.5) is 0 Å². The zero-order valence-electron chi connectivity index (χ0n) is 12.9. The summed E-state index contributed by atoms with van der Waals surface area (Å²) in [5, 5.41) is 0.209. The number of rotatable bonds is 5. The molecule has 0 aliphatic carbocycles. The standard InChI is InChI=1S/C13H19ClN2O5S2/c1-3-22(17,18)15-6-8-16(9-7-15)23(19,20)11-4-5-13(21-2)12(14)10-11/h4-5,10H,3,6-9H2,1-2H3. The van der Waals surface area contributed by atoms with E-state index in [1.54, 1.807) is 6.92 Å². The second-order valence-corrected chi connectivity index (χ2v) is 9.60. The first-order valence-electron chi connectivity index (χ1n) is 7.04. The Hall–Kier alpha value is -0.870. The zero-order valence-corrected chi connectivity index (χ0v) is 15.3. The van der Waals surface area contributed by atoms with Crippen LogP contribution in [0.15, 0.2) is 23.1 Å². The summed E-state index contributed by atoms with van der Waals surface area (Å²) < 4.78 is 56.5. The van der Waals surface area contributed by atoms with E-state index in [4.69, 9.17) is 16.3 Å². The summed E-state index contributed by atoms with van der Waals surface area (Å²) in [6, 6.07) is 4.26. The number of nitrogens with zero attached hydrogens (tertiary/aromatic N) is 2. The fourth-order valence-corrected chi connectivity index (χ4v) is 5.18. The molecule has 0 bridgehead atoms. The van der Waals surface area contributed by atoms with Gasteiger partial charge in [0.05, 0.1) is 22.8 Å². The molecule has 10 heteroatoms. The minimum Gasteiger partial charge on any atom is -0.495 e. The first-order chi connectivity index (χ1) is 10.7. The maximum absolute atomic E-state index is 12.6. The average Bonchev–Trinajstić information content (AvgIpc) is 2.54. The van der Waals surface area contributed by atoms with Crippen LogP contribution in [0.2, 0.25) is 5.02 Å². The molecule has 0 aromatic heterocycles. The molecule has 7 nitrogen and oxygen atoms in total. The van der Waals surface area contributed by atoms with Gasteiger partial charge in [-0.3, -0.25) is 0 Å². The highest BCUT2D eigenvalue weighted by Crippen LogP contribution is 2.28. The summed E-state index contributed by atoms with van der Waals surface area (Å²) in [5.41, 5.74) is 0. The molecule has 1 heterocycles. The average molecular weight is 383 g/mol. The number of piperazine rings is 1. The molecule has 0 atom stereocenters. The number of ether oxygens (including phenoxy) is 1. The Morgan fingerprint density at radius 2 is 1.65 bits per heavy atom. The number of halogens is 1. The Kier molecular flexibility index (Phi) is 5.57. The van der Waals surface area contributed by atoms with E-state index in [1.807, 2.05) is 0 Å². The van der Waals surface area contributed by atoms with Gasteiger partial charge in [0.2, 0.25) is 20.0 Å². The van der Waals surface area contributed by atoms with Crippen LogP contribution in [0.5, 0.6) is 5.75 Å². The Morgan fingerprint density at radius 1 is 1.09 bits per heavy atom. The third-order valence-corrected chi connectivity index (χ3v) is 7.79. The van der Waals surface area contributed by atoms with Crippen molar-refractivity contribution in [2.75, 3.05) is 39.0 Å². The van der Waals surface area contributed by atoms with Gasteiger partial charge in [-0.1, -0.05) is 11.6 Å². The molecule has 0 N–H and O–H groups in total. The maximum atomic E-state index is 12.6. The van der Waals surface area contributed by atoms with Crippen LogP contribution < -0.4 is 4.74 Å². The highest BCUT2D eigenvalue weighted by atomic mass is 35.5. The van der Waals surface area contributed by atoms with Crippen LogP contribution in [-0.2, 0) is 20.0 Å². The fraction of sp³-hybridized carbons (Fsp3) is 0.538. The summed E-state index contributed by atoms with van der Waals surface area (Å²) >= 11 is 5.98. The highest BCUT2D eigenvalue weighted by Gasteiger charge is 2.32. The van der Waals surface area contributed by atoms with Gasteiger partial charge >= 0.3 is 0 Å². The molecule has 130 valence electrons. The van der Waals surface area contributed by atoms with Crippen molar-refractivity contribution < 1.29 is 21.6 Å². The predicted molar refractivity (Wildman–Crippen MR) is 87.8 cm³/mol. The van der Waals surface area contributed by atoms with Crippen molar-refractivity contribution in [1.29, 1.82) is 0 Å². The number of hydrogen-bond donors (Lipinski definition) is 0. The molecular formula is C13H19ClN2O5S2. The van der Waals surface area contributed by atoms with Crippen molar-refractivity contribution in [3.05, 3.63) is 23.2 Å². The van der Waals surface area contributed by atoms with Gasteiger partial charge in [-0.05, 0) is 25.1 Å².